The molecular formula is C17H29IN6S. The minimum absolute atomic E-state index is 0. The predicted octanol–water partition coefficient (Wildman–Crippen LogP) is 3.02. The molecule has 0 aliphatic rings. The lowest BCUT2D eigenvalue weighted by atomic mass is 10.1. The van der Waals surface area contributed by atoms with Gasteiger partial charge in [0.1, 0.15) is 5.01 Å². The monoisotopic (exact) mass is 476 g/mol. The van der Waals surface area contributed by atoms with Gasteiger partial charge in [-0.2, -0.15) is 5.10 Å². The van der Waals surface area contributed by atoms with Crippen molar-refractivity contribution in [1.29, 1.82) is 0 Å². The highest BCUT2D eigenvalue weighted by molar-refractivity contribution is 14.0. The molecule has 0 amide bonds. The Morgan fingerprint density at radius 3 is 2.40 bits per heavy atom. The lowest BCUT2D eigenvalue weighted by Crippen LogP contribution is -2.42. The van der Waals surface area contributed by atoms with Crippen molar-refractivity contribution in [2.75, 3.05) is 7.05 Å². The second-order valence-electron chi connectivity index (χ2n) is 6.20. The van der Waals surface area contributed by atoms with E-state index < -0.39 is 0 Å². The minimum atomic E-state index is 0. The standard InChI is InChI=1S/C17H28N6S.HI/c1-10(8-15-12(3)22-23(7)13(15)4)20-17(18-6)19-9-16-21-11(2)14(5)24-16;/h10H,8-9H2,1-7H3,(H2,18,19,20);1H. The summed E-state index contributed by atoms with van der Waals surface area (Å²) in [7, 11) is 3.78. The molecular weight excluding hydrogens is 447 g/mol. The second-order valence-corrected chi connectivity index (χ2v) is 7.49. The zero-order valence-electron chi connectivity index (χ0n) is 16.1. The van der Waals surface area contributed by atoms with Gasteiger partial charge >= 0.3 is 0 Å². The van der Waals surface area contributed by atoms with Crippen molar-refractivity contribution in [3.63, 3.8) is 0 Å². The molecule has 8 heteroatoms. The van der Waals surface area contributed by atoms with Gasteiger partial charge in [-0.3, -0.25) is 9.67 Å². The molecule has 0 saturated heterocycles. The van der Waals surface area contributed by atoms with Crippen molar-refractivity contribution in [1.82, 2.24) is 25.4 Å². The normalized spacial score (nSPS) is 12.7. The van der Waals surface area contributed by atoms with Crippen LogP contribution in [0.2, 0.25) is 0 Å². The molecule has 0 aromatic carbocycles. The molecule has 0 saturated carbocycles. The number of hydrogen-bond acceptors (Lipinski definition) is 4. The first-order chi connectivity index (χ1) is 11.3. The average Bonchev–Trinajstić information content (AvgIpc) is 2.97. The number of guanidine groups is 1. The fourth-order valence-corrected chi connectivity index (χ4v) is 3.55. The number of nitrogens with zero attached hydrogens (tertiary/aromatic N) is 4. The summed E-state index contributed by atoms with van der Waals surface area (Å²) in [6, 6.07) is 0.262. The van der Waals surface area contributed by atoms with Crippen LogP contribution in [0, 0.1) is 27.7 Å². The Labute approximate surface area is 171 Å². The number of aromatic nitrogens is 3. The third-order valence-corrected chi connectivity index (χ3v) is 5.33. The van der Waals surface area contributed by atoms with Gasteiger partial charge in [0.05, 0.1) is 17.9 Å². The summed E-state index contributed by atoms with van der Waals surface area (Å²) in [5.41, 5.74) is 4.73. The Morgan fingerprint density at radius 2 is 1.92 bits per heavy atom. The van der Waals surface area contributed by atoms with E-state index in [0.717, 1.165) is 28.8 Å². The molecule has 140 valence electrons. The van der Waals surface area contributed by atoms with E-state index in [1.165, 1.54) is 16.1 Å². The molecule has 2 aromatic heterocycles. The van der Waals surface area contributed by atoms with Gasteiger partial charge in [0.2, 0.25) is 0 Å². The highest BCUT2D eigenvalue weighted by Gasteiger charge is 2.14. The molecule has 2 N–H and O–H groups in total. The second kappa shape index (κ2) is 9.51. The number of hydrogen-bond donors (Lipinski definition) is 2. The maximum atomic E-state index is 4.55. The number of thiazole rings is 1. The van der Waals surface area contributed by atoms with Crippen LogP contribution < -0.4 is 10.6 Å². The van der Waals surface area contributed by atoms with Crippen LogP contribution in [0.5, 0.6) is 0 Å². The smallest absolute Gasteiger partial charge is 0.191 e. The fraction of sp³-hybridized carbons (Fsp3) is 0.588. The molecule has 6 nitrogen and oxygen atoms in total. The molecule has 2 rings (SSSR count). The van der Waals surface area contributed by atoms with E-state index in [2.05, 4.69) is 53.4 Å². The number of halogens is 1. The van der Waals surface area contributed by atoms with Crippen LogP contribution in [0.25, 0.3) is 0 Å². The Morgan fingerprint density at radius 1 is 1.24 bits per heavy atom. The molecule has 0 spiro atoms. The number of aryl methyl sites for hydroxylation is 4. The van der Waals surface area contributed by atoms with Crippen LogP contribution in [-0.4, -0.2) is 33.8 Å². The first-order valence-electron chi connectivity index (χ1n) is 8.21. The highest BCUT2D eigenvalue weighted by atomic mass is 127. The van der Waals surface area contributed by atoms with Crippen LogP contribution in [0.3, 0.4) is 0 Å². The van der Waals surface area contributed by atoms with Crippen LogP contribution in [0.15, 0.2) is 4.99 Å². The van der Waals surface area contributed by atoms with Crippen LogP contribution in [-0.2, 0) is 20.0 Å². The molecule has 0 aliphatic carbocycles. The fourth-order valence-electron chi connectivity index (χ4n) is 2.67. The van der Waals surface area contributed by atoms with E-state index in [-0.39, 0.29) is 30.0 Å². The molecule has 1 atom stereocenters. The maximum absolute atomic E-state index is 4.55. The largest absolute Gasteiger partial charge is 0.354 e. The van der Waals surface area contributed by atoms with Crippen LogP contribution in [0.4, 0.5) is 0 Å². The van der Waals surface area contributed by atoms with Crippen LogP contribution in [0.1, 0.15) is 39.5 Å². The number of rotatable bonds is 5. The molecule has 25 heavy (non-hydrogen) atoms. The first kappa shape index (κ1) is 21.9. The zero-order chi connectivity index (χ0) is 17.9. The summed E-state index contributed by atoms with van der Waals surface area (Å²) in [4.78, 5) is 10.1. The van der Waals surface area contributed by atoms with E-state index in [1.807, 2.05) is 18.7 Å². The third kappa shape index (κ3) is 5.67. The van der Waals surface area contributed by atoms with Gasteiger partial charge < -0.3 is 10.6 Å². The van der Waals surface area contributed by atoms with E-state index in [1.54, 1.807) is 18.4 Å². The maximum Gasteiger partial charge on any atom is 0.191 e. The van der Waals surface area contributed by atoms with Crippen molar-refractivity contribution in [2.24, 2.45) is 12.0 Å². The first-order valence-corrected chi connectivity index (χ1v) is 9.02. The molecule has 2 aromatic rings. The molecule has 2 heterocycles. The van der Waals surface area contributed by atoms with E-state index in [9.17, 15) is 0 Å². The van der Waals surface area contributed by atoms with Gasteiger partial charge in [0.15, 0.2) is 5.96 Å². The summed E-state index contributed by atoms with van der Waals surface area (Å²) in [5.74, 6) is 0.798. The number of nitrogens with one attached hydrogen (secondary N) is 2. The highest BCUT2D eigenvalue weighted by Crippen LogP contribution is 2.16. The van der Waals surface area contributed by atoms with Gasteiger partial charge in [-0.05, 0) is 46.6 Å². The summed E-state index contributed by atoms with van der Waals surface area (Å²) in [6.45, 7) is 11.2. The van der Waals surface area contributed by atoms with Crippen molar-refractivity contribution >= 4 is 41.3 Å². The van der Waals surface area contributed by atoms with E-state index >= 15 is 0 Å². The predicted molar refractivity (Wildman–Crippen MR) is 116 cm³/mol. The molecule has 1 unspecified atom stereocenters. The van der Waals surface area contributed by atoms with Crippen molar-refractivity contribution in [3.05, 3.63) is 32.5 Å². The van der Waals surface area contributed by atoms with Gasteiger partial charge in [-0.1, -0.05) is 0 Å². The van der Waals surface area contributed by atoms with E-state index in [4.69, 9.17) is 0 Å². The third-order valence-electron chi connectivity index (χ3n) is 4.26. The lowest BCUT2D eigenvalue weighted by Gasteiger charge is -2.18. The topological polar surface area (TPSA) is 67.1 Å². The van der Waals surface area contributed by atoms with Gasteiger partial charge in [-0.15, -0.1) is 35.3 Å². The van der Waals surface area contributed by atoms with Crippen LogP contribution >= 0.6 is 35.3 Å². The van der Waals surface area contributed by atoms with Crippen molar-refractivity contribution < 1.29 is 0 Å². The molecule has 0 fully saturated rings. The van der Waals surface area contributed by atoms with Gasteiger partial charge in [-0.25, -0.2) is 4.98 Å². The summed E-state index contributed by atoms with van der Waals surface area (Å²) < 4.78 is 1.94. The summed E-state index contributed by atoms with van der Waals surface area (Å²) in [5, 5.41) is 12.4. The average molecular weight is 476 g/mol. The van der Waals surface area contributed by atoms with Crippen molar-refractivity contribution in [2.45, 2.75) is 53.6 Å². The molecule has 0 aliphatic heterocycles. The SMILES string of the molecule is CN=C(NCc1nc(C)c(C)s1)NC(C)Cc1c(C)nn(C)c1C.I. The molecule has 0 radical (unpaired) electrons. The van der Waals surface area contributed by atoms with E-state index in [0.29, 0.717) is 6.54 Å². The van der Waals surface area contributed by atoms with Gasteiger partial charge in [0, 0.05) is 30.7 Å². The quantitative estimate of drug-likeness (QED) is 0.396. The Balaban J connectivity index is 0.00000312. The summed E-state index contributed by atoms with van der Waals surface area (Å²) in [6.07, 6.45) is 0.918. The minimum Gasteiger partial charge on any atom is -0.354 e. The molecule has 0 bridgehead atoms. The van der Waals surface area contributed by atoms with Gasteiger partial charge in [0.25, 0.3) is 0 Å². The lowest BCUT2D eigenvalue weighted by molar-refractivity contribution is 0.635. The summed E-state index contributed by atoms with van der Waals surface area (Å²) >= 11 is 1.73. The Bertz CT molecular complexity index is 714. The Hall–Kier alpha value is -1.16. The Kier molecular flexibility index (Phi) is 8.33. The van der Waals surface area contributed by atoms with Crippen molar-refractivity contribution in [3.8, 4) is 0 Å². The number of aliphatic imine (C=N–C) groups is 1. The zero-order valence-corrected chi connectivity index (χ0v) is 19.2.